The Labute approximate surface area is 142 Å². The van der Waals surface area contributed by atoms with Crippen LogP contribution in [0.3, 0.4) is 0 Å². The van der Waals surface area contributed by atoms with Gasteiger partial charge in [-0.15, -0.1) is 0 Å². The van der Waals surface area contributed by atoms with Crippen molar-refractivity contribution in [3.05, 3.63) is 11.4 Å². The first kappa shape index (κ1) is 16.9. The average Bonchev–Trinajstić information content (AvgIpc) is 3.03. The standard InChI is InChI=1S/C16H27IN2O2/c1-7-15(5,8-2)13-11-12(21-19(17)20-11)14(18-13)16(6,9-3)10-4/h18H,7-10H2,1-6H3. The number of aromatic nitrogens is 1. The van der Waals surface area contributed by atoms with E-state index in [2.05, 4.69) is 46.5 Å². The van der Waals surface area contributed by atoms with Crippen LogP contribution in [0.1, 0.15) is 78.6 Å². The summed E-state index contributed by atoms with van der Waals surface area (Å²) in [5.74, 6) is 1.75. The Kier molecular flexibility index (Phi) is 4.83. The van der Waals surface area contributed by atoms with E-state index in [4.69, 9.17) is 9.68 Å². The summed E-state index contributed by atoms with van der Waals surface area (Å²) in [6.07, 6.45) is 4.26. The molecule has 0 saturated heterocycles. The molecule has 1 N–H and O–H groups in total. The van der Waals surface area contributed by atoms with Crippen molar-refractivity contribution in [2.45, 2.75) is 78.1 Å². The summed E-state index contributed by atoms with van der Waals surface area (Å²) >= 11 is 2.04. The molecular weight excluding hydrogens is 379 g/mol. The number of halogens is 1. The molecule has 0 fully saturated rings. The Morgan fingerprint density at radius 1 is 0.857 bits per heavy atom. The summed E-state index contributed by atoms with van der Waals surface area (Å²) in [7, 11) is 0. The largest absolute Gasteiger partial charge is 0.357 e. The molecule has 0 bridgehead atoms. The lowest BCUT2D eigenvalue weighted by molar-refractivity contribution is -0.106. The number of aromatic amines is 1. The summed E-state index contributed by atoms with van der Waals surface area (Å²) in [5, 5.41) is 0. The molecule has 0 atom stereocenters. The first-order valence-electron chi connectivity index (χ1n) is 7.94. The van der Waals surface area contributed by atoms with Gasteiger partial charge in [-0.1, -0.05) is 41.5 Å². The predicted octanol–water partition coefficient (Wildman–Crippen LogP) is 5.42. The number of fused-ring (bicyclic) bond motifs is 1. The average molecular weight is 406 g/mol. The summed E-state index contributed by atoms with van der Waals surface area (Å²) < 4.78 is 1.43. The molecule has 0 unspecified atom stereocenters. The lowest BCUT2D eigenvalue weighted by Gasteiger charge is -2.28. The number of nitrogens with zero attached hydrogens (tertiary/aromatic N) is 1. The number of H-pyrrole nitrogens is 1. The zero-order valence-corrected chi connectivity index (χ0v) is 16.1. The monoisotopic (exact) mass is 406 g/mol. The molecular formula is C16H27IN2O2. The molecule has 0 saturated carbocycles. The van der Waals surface area contributed by atoms with Gasteiger partial charge in [-0.05, 0) is 25.7 Å². The number of hydrogen-bond donors (Lipinski definition) is 1. The number of hydrogen-bond acceptors (Lipinski definition) is 3. The van der Waals surface area contributed by atoms with Crippen molar-refractivity contribution in [1.29, 1.82) is 0 Å². The molecule has 1 aromatic heterocycles. The zero-order valence-electron chi connectivity index (χ0n) is 14.0. The number of nitrogens with one attached hydrogen (secondary N) is 1. The molecule has 120 valence electrons. The van der Waals surface area contributed by atoms with Crippen LogP contribution < -0.4 is 9.68 Å². The highest BCUT2D eigenvalue weighted by Gasteiger charge is 2.42. The molecule has 4 nitrogen and oxygen atoms in total. The van der Waals surface area contributed by atoms with E-state index in [0.29, 0.717) is 0 Å². The van der Waals surface area contributed by atoms with Crippen LogP contribution in [0.4, 0.5) is 0 Å². The van der Waals surface area contributed by atoms with Crippen LogP contribution in [0.15, 0.2) is 0 Å². The van der Waals surface area contributed by atoms with Crippen LogP contribution in [0.5, 0.6) is 11.5 Å². The van der Waals surface area contributed by atoms with Gasteiger partial charge in [0, 0.05) is 10.8 Å². The Morgan fingerprint density at radius 3 is 1.48 bits per heavy atom. The lowest BCUT2D eigenvalue weighted by Crippen LogP contribution is -2.25. The third kappa shape index (κ3) is 2.67. The molecule has 5 heteroatoms. The van der Waals surface area contributed by atoms with Crippen molar-refractivity contribution in [1.82, 2.24) is 8.42 Å². The van der Waals surface area contributed by atoms with Gasteiger partial charge in [0.1, 0.15) is 22.9 Å². The van der Waals surface area contributed by atoms with Gasteiger partial charge in [-0.25, -0.2) is 0 Å². The van der Waals surface area contributed by atoms with E-state index in [1.165, 1.54) is 14.8 Å². The predicted molar refractivity (Wildman–Crippen MR) is 93.8 cm³/mol. The molecule has 0 amide bonds. The van der Waals surface area contributed by atoms with Gasteiger partial charge in [0.25, 0.3) is 0 Å². The minimum Gasteiger partial charge on any atom is -0.357 e. The van der Waals surface area contributed by atoms with Crippen molar-refractivity contribution < 1.29 is 9.68 Å². The molecule has 0 spiro atoms. The van der Waals surface area contributed by atoms with E-state index < -0.39 is 0 Å². The smallest absolute Gasteiger partial charge is 0.218 e. The van der Waals surface area contributed by atoms with Gasteiger partial charge in [0.2, 0.25) is 11.5 Å². The Bertz CT molecular complexity index is 462. The molecule has 2 heterocycles. The van der Waals surface area contributed by atoms with E-state index in [1.807, 2.05) is 22.9 Å². The fourth-order valence-corrected chi connectivity index (χ4v) is 3.25. The summed E-state index contributed by atoms with van der Waals surface area (Å²) in [6, 6.07) is 0. The first-order valence-corrected chi connectivity index (χ1v) is 8.90. The quantitative estimate of drug-likeness (QED) is 0.506. The van der Waals surface area contributed by atoms with Crippen molar-refractivity contribution in [2.24, 2.45) is 0 Å². The Balaban J connectivity index is 2.61. The van der Waals surface area contributed by atoms with Crippen LogP contribution >= 0.6 is 22.9 Å². The maximum atomic E-state index is 5.82. The second-order valence-corrected chi connectivity index (χ2v) is 7.25. The zero-order chi connectivity index (χ0) is 15.8. The van der Waals surface area contributed by atoms with Gasteiger partial charge in [-0.2, -0.15) is 0 Å². The Morgan fingerprint density at radius 2 is 1.19 bits per heavy atom. The van der Waals surface area contributed by atoms with Gasteiger partial charge in [0.15, 0.2) is 0 Å². The van der Waals surface area contributed by atoms with E-state index in [1.54, 1.807) is 0 Å². The van der Waals surface area contributed by atoms with E-state index in [0.717, 1.165) is 37.2 Å². The van der Waals surface area contributed by atoms with Crippen LogP contribution in [-0.4, -0.2) is 8.42 Å². The molecule has 1 aromatic rings. The second kappa shape index (κ2) is 5.99. The van der Waals surface area contributed by atoms with Gasteiger partial charge < -0.3 is 14.7 Å². The number of rotatable bonds is 6. The molecule has 0 aliphatic carbocycles. The minimum absolute atomic E-state index is 0.0793. The Hall–Kier alpha value is -0.430. The fourth-order valence-electron chi connectivity index (χ4n) is 2.86. The van der Waals surface area contributed by atoms with E-state index in [9.17, 15) is 0 Å². The van der Waals surface area contributed by atoms with Crippen LogP contribution in [-0.2, 0) is 10.8 Å². The fraction of sp³-hybridized carbons (Fsp3) is 0.750. The third-order valence-corrected chi connectivity index (χ3v) is 5.96. The SMILES string of the molecule is CCC(C)(CC)c1[nH]c(C(C)(CC)CC)c2c1ON(I)O2. The highest BCUT2D eigenvalue weighted by atomic mass is 127. The van der Waals surface area contributed by atoms with E-state index >= 15 is 0 Å². The second-order valence-electron chi connectivity index (χ2n) is 6.46. The van der Waals surface area contributed by atoms with Crippen molar-refractivity contribution in [3.63, 3.8) is 0 Å². The van der Waals surface area contributed by atoms with Crippen LogP contribution in [0.25, 0.3) is 0 Å². The molecule has 0 radical (unpaired) electrons. The topological polar surface area (TPSA) is 37.5 Å². The molecule has 2 rings (SSSR count). The molecule has 1 aliphatic rings. The van der Waals surface area contributed by atoms with E-state index in [-0.39, 0.29) is 10.8 Å². The van der Waals surface area contributed by atoms with Gasteiger partial charge in [-0.3, -0.25) is 0 Å². The highest BCUT2D eigenvalue weighted by molar-refractivity contribution is 14.1. The highest BCUT2D eigenvalue weighted by Crippen LogP contribution is 2.52. The summed E-state index contributed by atoms with van der Waals surface area (Å²) in [4.78, 5) is 15.3. The normalized spacial score (nSPS) is 15.8. The lowest BCUT2D eigenvalue weighted by atomic mass is 9.81. The van der Waals surface area contributed by atoms with Gasteiger partial charge in [0.05, 0.1) is 14.8 Å². The van der Waals surface area contributed by atoms with Crippen LogP contribution in [0, 0.1) is 0 Å². The summed E-state index contributed by atoms with van der Waals surface area (Å²) in [6.45, 7) is 13.5. The summed E-state index contributed by atoms with van der Waals surface area (Å²) in [5.41, 5.74) is 2.50. The van der Waals surface area contributed by atoms with Crippen molar-refractivity contribution in [3.8, 4) is 11.5 Å². The third-order valence-electron chi connectivity index (χ3n) is 5.56. The minimum atomic E-state index is 0.0793. The van der Waals surface area contributed by atoms with Crippen molar-refractivity contribution in [2.75, 3.05) is 0 Å². The van der Waals surface area contributed by atoms with Crippen LogP contribution in [0.2, 0.25) is 0 Å². The first-order chi connectivity index (χ1) is 9.85. The molecule has 1 aliphatic heterocycles. The molecule has 0 aromatic carbocycles. The van der Waals surface area contributed by atoms with Crippen molar-refractivity contribution >= 4 is 22.9 Å². The maximum Gasteiger partial charge on any atom is 0.218 e. The maximum absolute atomic E-state index is 5.82. The molecule has 21 heavy (non-hydrogen) atoms. The van der Waals surface area contributed by atoms with Gasteiger partial charge >= 0.3 is 0 Å².